The number of hydrogen-bond donors (Lipinski definition) is 2. The van der Waals surface area contributed by atoms with E-state index in [1.807, 2.05) is 6.92 Å². The van der Waals surface area contributed by atoms with Gasteiger partial charge in [-0.15, -0.1) is 6.58 Å². The fourth-order valence-corrected chi connectivity index (χ4v) is 2.66. The smallest absolute Gasteiger partial charge is 0.335 e. The molecule has 0 aliphatic carbocycles. The van der Waals surface area contributed by atoms with Crippen LogP contribution in [0.4, 0.5) is 11.5 Å². The zero-order valence-electron chi connectivity index (χ0n) is 15.0. The molecular formula is C20H19N3O4. The maximum Gasteiger partial charge on any atom is 0.335 e. The number of aryl methyl sites for hydroxylation is 1. The lowest BCUT2D eigenvalue weighted by Gasteiger charge is -2.16. The average molecular weight is 365 g/mol. The highest BCUT2D eigenvalue weighted by molar-refractivity contribution is 5.89. The van der Waals surface area contributed by atoms with E-state index in [0.29, 0.717) is 35.3 Å². The summed E-state index contributed by atoms with van der Waals surface area (Å²) in [5, 5.41) is 12.4. The molecule has 0 radical (unpaired) electrons. The predicted octanol–water partition coefficient (Wildman–Crippen LogP) is 4.22. The van der Waals surface area contributed by atoms with Crippen molar-refractivity contribution < 1.29 is 19.1 Å². The van der Waals surface area contributed by atoms with E-state index in [9.17, 15) is 4.79 Å². The highest BCUT2D eigenvalue weighted by Crippen LogP contribution is 2.31. The van der Waals surface area contributed by atoms with E-state index in [1.54, 1.807) is 30.5 Å². The van der Waals surface area contributed by atoms with Gasteiger partial charge in [0.25, 0.3) is 0 Å². The number of rotatable bonds is 7. The summed E-state index contributed by atoms with van der Waals surface area (Å²) in [4.78, 5) is 20.3. The predicted molar refractivity (Wildman–Crippen MR) is 102 cm³/mol. The molecule has 0 fully saturated rings. The summed E-state index contributed by atoms with van der Waals surface area (Å²) < 4.78 is 10.7. The third-order valence-electron chi connectivity index (χ3n) is 4.01. The molecule has 0 saturated heterocycles. The van der Waals surface area contributed by atoms with Gasteiger partial charge in [-0.2, -0.15) is 0 Å². The van der Waals surface area contributed by atoms with Gasteiger partial charge in [0.1, 0.15) is 11.6 Å². The lowest BCUT2D eigenvalue weighted by molar-refractivity contribution is 0.0696. The monoisotopic (exact) mass is 365 g/mol. The summed E-state index contributed by atoms with van der Waals surface area (Å²) in [6.07, 6.45) is 3.91. The number of nitrogens with zero attached hydrogens (tertiary/aromatic N) is 2. The van der Waals surface area contributed by atoms with Gasteiger partial charge < -0.3 is 19.6 Å². The number of carboxylic acids is 1. The molecule has 7 nitrogen and oxygen atoms in total. The Morgan fingerprint density at radius 2 is 2.19 bits per heavy atom. The van der Waals surface area contributed by atoms with Gasteiger partial charge in [0.15, 0.2) is 11.6 Å². The molecule has 3 aromatic rings. The first-order valence-electron chi connectivity index (χ1n) is 8.24. The topological polar surface area (TPSA) is 97.5 Å². The number of hydrogen-bond acceptors (Lipinski definition) is 6. The van der Waals surface area contributed by atoms with Gasteiger partial charge in [-0.05, 0) is 43.7 Å². The van der Waals surface area contributed by atoms with E-state index in [0.717, 1.165) is 11.3 Å². The van der Waals surface area contributed by atoms with Crippen LogP contribution in [0.3, 0.4) is 0 Å². The molecule has 138 valence electrons. The Morgan fingerprint density at radius 3 is 2.81 bits per heavy atom. The molecule has 0 amide bonds. The van der Waals surface area contributed by atoms with E-state index in [4.69, 9.17) is 14.3 Å². The second-order valence-corrected chi connectivity index (χ2v) is 5.78. The van der Waals surface area contributed by atoms with Gasteiger partial charge in [-0.1, -0.05) is 6.08 Å². The second kappa shape index (κ2) is 7.74. The van der Waals surface area contributed by atoms with Gasteiger partial charge in [-0.3, -0.25) is 0 Å². The number of nitrogens with one attached hydrogen (secondary N) is 1. The van der Waals surface area contributed by atoms with Gasteiger partial charge in [-0.25, -0.2) is 14.8 Å². The molecule has 0 bridgehead atoms. The number of aromatic nitrogens is 2. The molecule has 2 heterocycles. The van der Waals surface area contributed by atoms with Crippen LogP contribution in [0.15, 0.2) is 53.7 Å². The van der Waals surface area contributed by atoms with Crippen LogP contribution >= 0.6 is 0 Å². The molecule has 2 N–H and O–H groups in total. The molecule has 2 aromatic heterocycles. The number of methoxy groups -OCH3 is 1. The number of aromatic carboxylic acids is 1. The van der Waals surface area contributed by atoms with E-state index in [-0.39, 0.29) is 5.56 Å². The molecule has 0 atom stereocenters. The maximum absolute atomic E-state index is 11.2. The molecule has 0 aliphatic rings. The van der Waals surface area contributed by atoms with Crippen molar-refractivity contribution in [1.29, 1.82) is 0 Å². The van der Waals surface area contributed by atoms with Gasteiger partial charge in [0, 0.05) is 11.3 Å². The first-order valence-corrected chi connectivity index (χ1v) is 8.24. The van der Waals surface area contributed by atoms with Crippen LogP contribution in [0.5, 0.6) is 5.75 Å². The van der Waals surface area contributed by atoms with Crippen LogP contribution in [-0.4, -0.2) is 28.2 Å². The number of carboxylic acid groups (broad SMARTS) is 1. The van der Waals surface area contributed by atoms with Crippen LogP contribution in [0.1, 0.15) is 21.6 Å². The maximum atomic E-state index is 11.2. The van der Waals surface area contributed by atoms with Gasteiger partial charge in [0.05, 0.1) is 24.6 Å². The molecule has 0 aliphatic heterocycles. The number of anilines is 2. The molecule has 0 spiro atoms. The van der Waals surface area contributed by atoms with Crippen molar-refractivity contribution >= 4 is 17.5 Å². The highest BCUT2D eigenvalue weighted by Gasteiger charge is 2.16. The Labute approximate surface area is 156 Å². The third-order valence-corrected chi connectivity index (χ3v) is 4.01. The molecule has 27 heavy (non-hydrogen) atoms. The van der Waals surface area contributed by atoms with Crippen molar-refractivity contribution in [1.82, 2.24) is 9.97 Å². The number of carbonyl (C=O) groups is 1. The Bertz CT molecular complexity index is 981. The Hall–Kier alpha value is -3.61. The first kappa shape index (κ1) is 18.2. The molecule has 7 heteroatoms. The summed E-state index contributed by atoms with van der Waals surface area (Å²) in [5.41, 5.74) is 2.40. The minimum Gasteiger partial charge on any atom is -0.495 e. The highest BCUT2D eigenvalue weighted by atomic mass is 16.5. The zero-order chi connectivity index (χ0) is 19.4. The number of allylic oxidation sites excluding steroid dienone is 1. The zero-order valence-corrected chi connectivity index (χ0v) is 15.0. The summed E-state index contributed by atoms with van der Waals surface area (Å²) >= 11 is 0. The Balaban J connectivity index is 2.07. The van der Waals surface area contributed by atoms with Crippen LogP contribution in [0.2, 0.25) is 0 Å². The summed E-state index contributed by atoms with van der Waals surface area (Å²) in [5.74, 6) is 0.962. The summed E-state index contributed by atoms with van der Waals surface area (Å²) in [7, 11) is 1.48. The third kappa shape index (κ3) is 3.82. The van der Waals surface area contributed by atoms with E-state index in [2.05, 4.69) is 21.9 Å². The van der Waals surface area contributed by atoms with Crippen molar-refractivity contribution in [2.45, 2.75) is 13.3 Å². The van der Waals surface area contributed by atoms with Crippen molar-refractivity contribution in [2.24, 2.45) is 0 Å². The normalized spacial score (nSPS) is 10.4. The molecule has 0 saturated carbocycles. The van der Waals surface area contributed by atoms with Crippen LogP contribution in [0, 0.1) is 6.92 Å². The largest absolute Gasteiger partial charge is 0.495 e. The van der Waals surface area contributed by atoms with E-state index >= 15 is 0 Å². The minimum absolute atomic E-state index is 0.138. The fourth-order valence-electron chi connectivity index (χ4n) is 2.66. The van der Waals surface area contributed by atoms with Crippen LogP contribution < -0.4 is 10.1 Å². The van der Waals surface area contributed by atoms with Crippen LogP contribution in [0.25, 0.3) is 11.6 Å². The van der Waals surface area contributed by atoms with Crippen molar-refractivity contribution in [3.63, 3.8) is 0 Å². The first-order chi connectivity index (χ1) is 13.0. The summed E-state index contributed by atoms with van der Waals surface area (Å²) in [6.45, 7) is 5.68. The lowest BCUT2D eigenvalue weighted by Crippen LogP contribution is -2.06. The SMILES string of the molecule is C=CCc1c(C)nc(-c2ccco2)nc1Nc1ccc(C(=O)O)cc1OC. The van der Waals surface area contributed by atoms with Crippen molar-refractivity contribution in [3.8, 4) is 17.3 Å². The Kier molecular flexibility index (Phi) is 5.21. The fraction of sp³-hybridized carbons (Fsp3) is 0.150. The minimum atomic E-state index is -1.02. The standard InChI is InChI=1S/C20H19N3O4/c1-4-6-14-12(2)21-19(16-7-5-10-27-16)23-18(14)22-15-9-8-13(20(24)25)11-17(15)26-3/h4-5,7-11H,1,6H2,2-3H3,(H,24,25)(H,21,22,23). The van der Waals surface area contributed by atoms with E-state index in [1.165, 1.54) is 19.2 Å². The van der Waals surface area contributed by atoms with E-state index < -0.39 is 5.97 Å². The van der Waals surface area contributed by atoms with Gasteiger partial charge in [0.2, 0.25) is 0 Å². The molecular weight excluding hydrogens is 346 g/mol. The number of ether oxygens (including phenoxy) is 1. The number of benzene rings is 1. The van der Waals surface area contributed by atoms with Crippen LogP contribution in [-0.2, 0) is 6.42 Å². The molecule has 0 unspecified atom stereocenters. The average Bonchev–Trinajstić information content (AvgIpc) is 3.19. The second-order valence-electron chi connectivity index (χ2n) is 5.78. The summed E-state index contributed by atoms with van der Waals surface area (Å²) in [6, 6.07) is 8.16. The van der Waals surface area contributed by atoms with Crippen molar-refractivity contribution in [3.05, 3.63) is 66.1 Å². The molecule has 3 rings (SSSR count). The Morgan fingerprint density at radius 1 is 1.37 bits per heavy atom. The molecule has 1 aromatic carbocycles. The van der Waals surface area contributed by atoms with Gasteiger partial charge >= 0.3 is 5.97 Å². The number of furan rings is 1. The lowest BCUT2D eigenvalue weighted by atomic mass is 10.1. The van der Waals surface area contributed by atoms with Crippen molar-refractivity contribution in [2.75, 3.05) is 12.4 Å². The quantitative estimate of drug-likeness (QED) is 0.605.